The Morgan fingerprint density at radius 2 is 1.78 bits per heavy atom. The summed E-state index contributed by atoms with van der Waals surface area (Å²) in [6.07, 6.45) is -0.0385. The van der Waals surface area contributed by atoms with Crippen LogP contribution in [0.1, 0.15) is 34.1 Å². The second-order valence-electron chi connectivity index (χ2n) is 4.47. The van der Waals surface area contributed by atoms with Crippen molar-refractivity contribution < 1.29 is 24.2 Å². The molecule has 0 saturated carbocycles. The van der Waals surface area contributed by atoms with E-state index in [1.54, 1.807) is 27.7 Å². The lowest BCUT2D eigenvalue weighted by Crippen LogP contribution is -2.47. The molecule has 0 rings (SSSR count). The molecule has 0 fully saturated rings. The van der Waals surface area contributed by atoms with Crippen molar-refractivity contribution in [1.29, 1.82) is 0 Å². The Kier molecular flexibility index (Phi) is 7.00. The van der Waals surface area contributed by atoms with E-state index in [1.807, 2.05) is 0 Å². The van der Waals surface area contributed by atoms with Gasteiger partial charge in [-0.3, -0.25) is 9.59 Å². The molecule has 0 radical (unpaired) electrons. The van der Waals surface area contributed by atoms with Crippen molar-refractivity contribution in [3.05, 3.63) is 0 Å². The summed E-state index contributed by atoms with van der Waals surface area (Å²) in [6.45, 7) is 6.87. The first-order chi connectivity index (χ1) is 8.29. The Bertz CT molecular complexity index is 314. The number of hydrogen-bond donors (Lipinski definition) is 2. The lowest BCUT2D eigenvalue weighted by Gasteiger charge is -2.21. The van der Waals surface area contributed by atoms with Crippen LogP contribution in [0.15, 0.2) is 0 Å². The fraction of sp³-hybridized carbons (Fsp3) is 0.750. The molecule has 6 heteroatoms. The highest BCUT2D eigenvalue weighted by Gasteiger charge is 2.29. The van der Waals surface area contributed by atoms with Gasteiger partial charge in [-0.25, -0.2) is 4.79 Å². The number of carboxylic acid groups (broad SMARTS) is 1. The van der Waals surface area contributed by atoms with Crippen molar-refractivity contribution in [3.63, 3.8) is 0 Å². The van der Waals surface area contributed by atoms with Crippen molar-refractivity contribution in [2.75, 3.05) is 6.61 Å². The fourth-order valence-corrected chi connectivity index (χ4v) is 1.37. The molecule has 0 saturated heterocycles. The Hall–Kier alpha value is -1.59. The van der Waals surface area contributed by atoms with Crippen LogP contribution in [0.2, 0.25) is 0 Å². The number of carbonyl (C=O) groups excluding carboxylic acids is 2. The summed E-state index contributed by atoms with van der Waals surface area (Å²) in [5.74, 6) is -2.79. The molecule has 6 nitrogen and oxygen atoms in total. The zero-order valence-electron chi connectivity index (χ0n) is 11.2. The van der Waals surface area contributed by atoms with Gasteiger partial charge in [-0.2, -0.15) is 0 Å². The molecule has 0 unspecified atom stereocenters. The molecule has 0 aromatic carbocycles. The van der Waals surface area contributed by atoms with Gasteiger partial charge in [0.2, 0.25) is 5.91 Å². The minimum atomic E-state index is -1.15. The fourth-order valence-electron chi connectivity index (χ4n) is 1.37. The van der Waals surface area contributed by atoms with E-state index in [-0.39, 0.29) is 24.9 Å². The van der Waals surface area contributed by atoms with Gasteiger partial charge in [0.25, 0.3) is 0 Å². The predicted molar refractivity (Wildman–Crippen MR) is 64.8 cm³/mol. The second kappa shape index (κ2) is 7.68. The van der Waals surface area contributed by atoms with Gasteiger partial charge in [0.15, 0.2) is 0 Å². The van der Waals surface area contributed by atoms with E-state index in [4.69, 9.17) is 9.84 Å². The zero-order valence-corrected chi connectivity index (χ0v) is 11.2. The lowest BCUT2D eigenvalue weighted by molar-refractivity contribution is -0.147. The quantitative estimate of drug-likeness (QED) is 0.660. The Labute approximate surface area is 107 Å². The summed E-state index contributed by atoms with van der Waals surface area (Å²) in [5, 5.41) is 11.5. The number of esters is 1. The van der Waals surface area contributed by atoms with Gasteiger partial charge in [-0.1, -0.05) is 20.8 Å². The Morgan fingerprint density at radius 1 is 1.22 bits per heavy atom. The highest BCUT2D eigenvalue weighted by molar-refractivity contribution is 5.85. The van der Waals surface area contributed by atoms with Crippen LogP contribution in [0.5, 0.6) is 0 Å². The topological polar surface area (TPSA) is 92.7 Å². The van der Waals surface area contributed by atoms with Crippen molar-refractivity contribution >= 4 is 17.8 Å². The average molecular weight is 259 g/mol. The van der Waals surface area contributed by atoms with Crippen molar-refractivity contribution in [2.24, 2.45) is 11.8 Å². The molecule has 0 aliphatic rings. The maximum absolute atomic E-state index is 11.5. The molecular formula is C12H21NO5. The predicted octanol–water partition coefficient (Wildman–Crippen LogP) is 0.801. The molecule has 1 amide bonds. The summed E-state index contributed by atoms with van der Waals surface area (Å²) in [5.41, 5.74) is 0. The molecule has 0 spiro atoms. The molecule has 2 atom stereocenters. The number of hydrogen-bond acceptors (Lipinski definition) is 4. The zero-order chi connectivity index (χ0) is 14.3. The molecule has 0 aromatic rings. The monoisotopic (exact) mass is 259 g/mol. The molecule has 0 aliphatic heterocycles. The van der Waals surface area contributed by atoms with Gasteiger partial charge < -0.3 is 15.2 Å². The van der Waals surface area contributed by atoms with E-state index in [1.165, 1.54) is 0 Å². The standard InChI is InChI=1S/C12H21NO5/c1-5-18-9(14)6-8(4)10(12(16)17)13-11(15)7(2)3/h7-8,10H,5-6H2,1-4H3,(H,13,15)(H,16,17)/t8-,10+/m0/s1. The first-order valence-corrected chi connectivity index (χ1v) is 5.98. The molecule has 0 aliphatic carbocycles. The van der Waals surface area contributed by atoms with Crippen LogP contribution in [0, 0.1) is 11.8 Å². The summed E-state index contributed by atoms with van der Waals surface area (Å²) < 4.78 is 4.75. The maximum atomic E-state index is 11.5. The first kappa shape index (κ1) is 16.4. The Balaban J connectivity index is 4.55. The second-order valence-corrected chi connectivity index (χ2v) is 4.47. The van der Waals surface area contributed by atoms with Crippen LogP contribution >= 0.6 is 0 Å². The summed E-state index contributed by atoms with van der Waals surface area (Å²) in [6, 6.07) is -1.08. The van der Waals surface area contributed by atoms with Gasteiger partial charge in [-0.05, 0) is 12.8 Å². The van der Waals surface area contributed by atoms with E-state index >= 15 is 0 Å². The maximum Gasteiger partial charge on any atom is 0.326 e. The van der Waals surface area contributed by atoms with E-state index < -0.39 is 23.9 Å². The van der Waals surface area contributed by atoms with Gasteiger partial charge in [0.05, 0.1) is 13.0 Å². The molecule has 0 bridgehead atoms. The molecule has 0 heterocycles. The van der Waals surface area contributed by atoms with E-state index in [9.17, 15) is 14.4 Å². The summed E-state index contributed by atoms with van der Waals surface area (Å²) in [7, 11) is 0. The van der Waals surface area contributed by atoms with Gasteiger partial charge in [0.1, 0.15) is 6.04 Å². The number of aliphatic carboxylic acids is 1. The van der Waals surface area contributed by atoms with Crippen molar-refractivity contribution in [2.45, 2.75) is 40.2 Å². The molecule has 104 valence electrons. The van der Waals surface area contributed by atoms with E-state index in [2.05, 4.69) is 5.32 Å². The van der Waals surface area contributed by atoms with Crippen LogP contribution in [-0.2, 0) is 19.1 Å². The highest BCUT2D eigenvalue weighted by atomic mass is 16.5. The Morgan fingerprint density at radius 3 is 2.17 bits per heavy atom. The number of carbonyl (C=O) groups is 3. The van der Waals surface area contributed by atoms with Crippen LogP contribution in [0.25, 0.3) is 0 Å². The summed E-state index contributed by atoms with van der Waals surface area (Å²) >= 11 is 0. The van der Waals surface area contributed by atoms with Gasteiger partial charge in [-0.15, -0.1) is 0 Å². The number of ether oxygens (including phenoxy) is 1. The third kappa shape index (κ3) is 5.65. The number of amides is 1. The molecule has 2 N–H and O–H groups in total. The van der Waals surface area contributed by atoms with Gasteiger partial charge in [0, 0.05) is 5.92 Å². The largest absolute Gasteiger partial charge is 0.480 e. The van der Waals surface area contributed by atoms with Crippen LogP contribution < -0.4 is 5.32 Å². The van der Waals surface area contributed by atoms with Crippen LogP contribution in [-0.4, -0.2) is 35.6 Å². The van der Waals surface area contributed by atoms with Crippen LogP contribution in [0.4, 0.5) is 0 Å². The molecule has 18 heavy (non-hydrogen) atoms. The van der Waals surface area contributed by atoms with Crippen molar-refractivity contribution in [3.8, 4) is 0 Å². The van der Waals surface area contributed by atoms with Gasteiger partial charge >= 0.3 is 11.9 Å². The molecular weight excluding hydrogens is 238 g/mol. The SMILES string of the molecule is CCOC(=O)C[C@H](C)[C@@H](NC(=O)C(C)C)C(=O)O. The minimum Gasteiger partial charge on any atom is -0.480 e. The number of carboxylic acids is 1. The van der Waals surface area contributed by atoms with E-state index in [0.29, 0.717) is 0 Å². The van der Waals surface area contributed by atoms with Crippen molar-refractivity contribution in [1.82, 2.24) is 5.32 Å². The smallest absolute Gasteiger partial charge is 0.326 e. The average Bonchev–Trinajstić information content (AvgIpc) is 2.24. The third-order valence-electron chi connectivity index (χ3n) is 2.45. The number of rotatable bonds is 7. The molecule has 0 aromatic heterocycles. The normalized spacial score (nSPS) is 13.8. The third-order valence-corrected chi connectivity index (χ3v) is 2.45. The lowest BCUT2D eigenvalue weighted by atomic mass is 9.97. The minimum absolute atomic E-state index is 0.0385. The first-order valence-electron chi connectivity index (χ1n) is 5.98. The van der Waals surface area contributed by atoms with Crippen LogP contribution in [0.3, 0.4) is 0 Å². The van der Waals surface area contributed by atoms with E-state index in [0.717, 1.165) is 0 Å². The highest BCUT2D eigenvalue weighted by Crippen LogP contribution is 2.11. The number of nitrogens with one attached hydrogen (secondary N) is 1. The summed E-state index contributed by atoms with van der Waals surface area (Å²) in [4.78, 5) is 33.8.